The molecule has 0 bridgehead atoms. The number of imide groups is 1. The number of nitrogens with zero attached hydrogens (tertiary/aromatic N) is 2. The second-order valence-corrected chi connectivity index (χ2v) is 5.88. The first-order valence-corrected chi connectivity index (χ1v) is 7.76. The average molecular weight is 325 g/mol. The van der Waals surface area contributed by atoms with E-state index < -0.39 is 11.6 Å². The summed E-state index contributed by atoms with van der Waals surface area (Å²) in [4.78, 5) is 24.5. The molecule has 0 aliphatic carbocycles. The molecule has 0 unspecified atom stereocenters. The second kappa shape index (κ2) is 5.96. The van der Waals surface area contributed by atoms with E-state index in [4.69, 9.17) is 4.74 Å². The highest BCUT2D eigenvalue weighted by atomic mass is 16.5. The molecule has 1 fully saturated rings. The van der Waals surface area contributed by atoms with E-state index in [1.165, 1.54) is 6.21 Å². The van der Waals surface area contributed by atoms with Crippen LogP contribution in [0.4, 0.5) is 4.79 Å². The van der Waals surface area contributed by atoms with Crippen LogP contribution in [-0.4, -0.2) is 35.8 Å². The van der Waals surface area contributed by atoms with Crippen molar-refractivity contribution in [3.63, 3.8) is 0 Å². The van der Waals surface area contributed by atoms with Crippen molar-refractivity contribution in [3.05, 3.63) is 42.0 Å². The van der Waals surface area contributed by atoms with Gasteiger partial charge in [-0.2, -0.15) is 5.10 Å². The highest BCUT2D eigenvalue weighted by Gasteiger charge is 2.46. The maximum absolute atomic E-state index is 12.4. The van der Waals surface area contributed by atoms with Crippen molar-refractivity contribution in [2.75, 3.05) is 7.11 Å². The van der Waals surface area contributed by atoms with Crippen LogP contribution in [0.25, 0.3) is 10.8 Å². The Balaban J connectivity index is 2.02. The van der Waals surface area contributed by atoms with E-state index in [0.29, 0.717) is 12.2 Å². The van der Waals surface area contributed by atoms with Crippen molar-refractivity contribution in [1.82, 2.24) is 10.3 Å². The quantitative estimate of drug-likeness (QED) is 0.694. The van der Waals surface area contributed by atoms with Gasteiger partial charge in [0.25, 0.3) is 5.91 Å². The third kappa shape index (κ3) is 2.50. The number of ether oxygens (including phenoxy) is 1. The van der Waals surface area contributed by atoms with E-state index >= 15 is 0 Å². The van der Waals surface area contributed by atoms with E-state index in [0.717, 1.165) is 21.3 Å². The van der Waals surface area contributed by atoms with Gasteiger partial charge in [-0.1, -0.05) is 37.3 Å². The fourth-order valence-electron chi connectivity index (χ4n) is 2.72. The van der Waals surface area contributed by atoms with Gasteiger partial charge >= 0.3 is 6.03 Å². The molecule has 0 spiro atoms. The second-order valence-electron chi connectivity index (χ2n) is 5.88. The SMILES string of the molecule is CC[C@]1(C)NC(=O)N(N=Cc2c(OC)ccc3ccccc23)C1=O. The monoisotopic (exact) mass is 325 g/mol. The van der Waals surface area contributed by atoms with Crippen molar-refractivity contribution < 1.29 is 14.3 Å². The molecule has 1 atom stereocenters. The van der Waals surface area contributed by atoms with E-state index in [-0.39, 0.29) is 5.91 Å². The minimum absolute atomic E-state index is 0.356. The van der Waals surface area contributed by atoms with Crippen molar-refractivity contribution in [1.29, 1.82) is 0 Å². The summed E-state index contributed by atoms with van der Waals surface area (Å²) in [5, 5.41) is 9.64. The number of amides is 3. The van der Waals surface area contributed by atoms with E-state index in [9.17, 15) is 9.59 Å². The van der Waals surface area contributed by atoms with Crippen LogP contribution >= 0.6 is 0 Å². The summed E-state index contributed by atoms with van der Waals surface area (Å²) in [7, 11) is 1.57. The molecule has 6 nitrogen and oxygen atoms in total. The predicted molar refractivity (Wildman–Crippen MR) is 92.2 cm³/mol. The smallest absolute Gasteiger partial charge is 0.346 e. The highest BCUT2D eigenvalue weighted by Crippen LogP contribution is 2.27. The number of hydrogen-bond donors (Lipinski definition) is 1. The number of carbonyl (C=O) groups is 2. The fourth-order valence-corrected chi connectivity index (χ4v) is 2.72. The molecular formula is C18H19N3O3. The number of carbonyl (C=O) groups excluding carboxylic acids is 2. The Morgan fingerprint density at radius 1 is 1.25 bits per heavy atom. The van der Waals surface area contributed by atoms with Gasteiger partial charge in [-0.3, -0.25) is 4.79 Å². The Hall–Kier alpha value is -2.89. The Kier molecular flexibility index (Phi) is 3.97. The van der Waals surface area contributed by atoms with Crippen molar-refractivity contribution in [2.24, 2.45) is 5.10 Å². The molecule has 6 heteroatoms. The standard InChI is InChI=1S/C18H19N3O3/c1-4-18(2)16(22)21(17(23)20-18)19-11-14-13-8-6-5-7-12(13)9-10-15(14)24-3/h5-11H,4H2,1-3H3,(H,20,23)/t18-/m0/s1. The summed E-state index contributed by atoms with van der Waals surface area (Å²) in [6.07, 6.45) is 2.00. The normalized spacial score (nSPS) is 20.9. The van der Waals surface area contributed by atoms with E-state index in [1.54, 1.807) is 14.0 Å². The van der Waals surface area contributed by atoms with Gasteiger partial charge in [-0.05, 0) is 30.2 Å². The van der Waals surface area contributed by atoms with Crippen LogP contribution in [-0.2, 0) is 4.79 Å². The summed E-state index contributed by atoms with van der Waals surface area (Å²) >= 11 is 0. The number of nitrogens with one attached hydrogen (secondary N) is 1. The summed E-state index contributed by atoms with van der Waals surface area (Å²) in [6, 6.07) is 11.1. The third-order valence-electron chi connectivity index (χ3n) is 4.40. The molecule has 1 aliphatic heterocycles. The lowest BCUT2D eigenvalue weighted by atomic mass is 10.00. The van der Waals surface area contributed by atoms with Crippen LogP contribution in [0.2, 0.25) is 0 Å². The minimum atomic E-state index is -0.905. The molecule has 0 radical (unpaired) electrons. The summed E-state index contributed by atoms with van der Waals surface area (Å²) in [6.45, 7) is 3.54. The zero-order valence-electron chi connectivity index (χ0n) is 13.9. The Morgan fingerprint density at radius 2 is 2.00 bits per heavy atom. The lowest BCUT2D eigenvalue weighted by Gasteiger charge is -2.17. The number of hydrogen-bond acceptors (Lipinski definition) is 4. The molecule has 1 saturated heterocycles. The number of benzene rings is 2. The lowest BCUT2D eigenvalue weighted by Crippen LogP contribution is -2.42. The molecule has 2 aromatic carbocycles. The molecule has 2 aromatic rings. The van der Waals surface area contributed by atoms with Gasteiger partial charge in [0, 0.05) is 5.56 Å². The molecular weight excluding hydrogens is 306 g/mol. The molecule has 3 amide bonds. The van der Waals surface area contributed by atoms with Gasteiger partial charge in [0.1, 0.15) is 11.3 Å². The maximum Gasteiger partial charge on any atom is 0.346 e. The molecule has 0 saturated carbocycles. The molecule has 1 heterocycles. The van der Waals surface area contributed by atoms with E-state index in [1.807, 2.05) is 43.3 Å². The Labute approximate surface area is 140 Å². The molecule has 1 aliphatic rings. The maximum atomic E-state index is 12.4. The zero-order valence-corrected chi connectivity index (χ0v) is 13.9. The lowest BCUT2D eigenvalue weighted by molar-refractivity contribution is -0.130. The first-order valence-electron chi connectivity index (χ1n) is 7.76. The first kappa shape index (κ1) is 16.0. The van der Waals surface area contributed by atoms with Gasteiger partial charge in [0.2, 0.25) is 0 Å². The molecule has 1 N–H and O–H groups in total. The Bertz CT molecular complexity index is 847. The van der Waals surface area contributed by atoms with Gasteiger partial charge in [0.05, 0.1) is 13.3 Å². The third-order valence-corrected chi connectivity index (χ3v) is 4.40. The number of urea groups is 1. The summed E-state index contributed by atoms with van der Waals surface area (Å²) < 4.78 is 5.39. The van der Waals surface area contributed by atoms with E-state index in [2.05, 4.69) is 10.4 Å². The van der Waals surface area contributed by atoms with Crippen molar-refractivity contribution >= 4 is 28.9 Å². The molecule has 0 aromatic heterocycles. The van der Waals surface area contributed by atoms with Crippen LogP contribution in [0, 0.1) is 0 Å². The van der Waals surface area contributed by atoms with Crippen LogP contribution in [0.15, 0.2) is 41.5 Å². The van der Waals surface area contributed by atoms with Gasteiger partial charge in [-0.25, -0.2) is 4.79 Å². The largest absolute Gasteiger partial charge is 0.496 e. The van der Waals surface area contributed by atoms with Gasteiger partial charge in [0.15, 0.2) is 0 Å². The number of hydrazone groups is 1. The topological polar surface area (TPSA) is 71.0 Å². The predicted octanol–water partition coefficient (Wildman–Crippen LogP) is 2.90. The highest BCUT2D eigenvalue weighted by molar-refractivity contribution is 6.08. The van der Waals surface area contributed by atoms with Gasteiger partial charge in [-0.15, -0.1) is 5.01 Å². The molecule has 24 heavy (non-hydrogen) atoms. The average Bonchev–Trinajstić information content (AvgIpc) is 2.82. The van der Waals surface area contributed by atoms with Crippen molar-refractivity contribution in [2.45, 2.75) is 25.8 Å². The number of methoxy groups -OCH3 is 1. The number of fused-ring (bicyclic) bond motifs is 1. The van der Waals surface area contributed by atoms with Crippen LogP contribution in [0.3, 0.4) is 0 Å². The van der Waals surface area contributed by atoms with Crippen LogP contribution < -0.4 is 10.1 Å². The van der Waals surface area contributed by atoms with Crippen LogP contribution in [0.1, 0.15) is 25.8 Å². The molecule has 3 rings (SSSR count). The zero-order chi connectivity index (χ0) is 17.3. The Morgan fingerprint density at radius 3 is 2.67 bits per heavy atom. The summed E-state index contributed by atoms with van der Waals surface area (Å²) in [5.74, 6) is 0.271. The minimum Gasteiger partial charge on any atom is -0.496 e. The first-order chi connectivity index (χ1) is 11.5. The van der Waals surface area contributed by atoms with Crippen molar-refractivity contribution in [3.8, 4) is 5.75 Å². The molecule has 124 valence electrons. The van der Waals surface area contributed by atoms with Crippen LogP contribution in [0.5, 0.6) is 5.75 Å². The summed E-state index contributed by atoms with van der Waals surface area (Å²) in [5.41, 5.74) is -0.182. The number of rotatable bonds is 4. The fraction of sp³-hybridized carbons (Fsp3) is 0.278. The van der Waals surface area contributed by atoms with Gasteiger partial charge < -0.3 is 10.1 Å².